The van der Waals surface area contributed by atoms with E-state index in [2.05, 4.69) is 82.4 Å². The first-order valence-corrected chi connectivity index (χ1v) is 18.9. The largest absolute Gasteiger partial charge is 0.512 e. The van der Waals surface area contributed by atoms with Crippen molar-refractivity contribution in [1.29, 1.82) is 0 Å². The SMILES string of the molecule is CC(C)c1[c-]c(-c2ncc(C(C)C)c3cc(C4CCCC4)ccc23)c2oc3ccccc3c2c1.CCC(CC)C(=O)/C=C(\O)C(CC)CC.[Ir]. The van der Waals surface area contributed by atoms with E-state index in [4.69, 9.17) is 9.40 Å². The summed E-state index contributed by atoms with van der Waals surface area (Å²) in [5.74, 6) is 2.03. The number of aromatic nitrogens is 1. The van der Waals surface area contributed by atoms with Crippen LogP contribution >= 0.6 is 0 Å². The Bertz CT molecular complexity index is 1920. The summed E-state index contributed by atoms with van der Waals surface area (Å²) in [6.07, 6.45) is 12.3. The molecule has 0 bridgehead atoms. The Morgan fingerprint density at radius 2 is 1.52 bits per heavy atom. The minimum atomic E-state index is 0. The van der Waals surface area contributed by atoms with Crippen molar-refractivity contribution in [3.8, 4) is 11.3 Å². The Kier molecular flexibility index (Phi) is 14.1. The Labute approximate surface area is 313 Å². The van der Waals surface area contributed by atoms with Crippen molar-refractivity contribution in [1.82, 2.24) is 4.98 Å². The van der Waals surface area contributed by atoms with E-state index in [0.717, 1.165) is 58.9 Å². The smallest absolute Gasteiger partial charge is 0.162 e. The molecule has 6 rings (SSSR count). The molecule has 1 N–H and O–H groups in total. The van der Waals surface area contributed by atoms with Crippen molar-refractivity contribution >= 4 is 38.5 Å². The van der Waals surface area contributed by atoms with Gasteiger partial charge in [-0.2, -0.15) is 0 Å². The van der Waals surface area contributed by atoms with Crippen molar-refractivity contribution in [2.75, 3.05) is 0 Å². The van der Waals surface area contributed by atoms with Crippen molar-refractivity contribution < 1.29 is 34.4 Å². The van der Waals surface area contributed by atoms with E-state index in [1.54, 1.807) is 0 Å². The van der Waals surface area contributed by atoms with Crippen LogP contribution in [0.4, 0.5) is 0 Å². The molecule has 0 amide bonds. The second kappa shape index (κ2) is 17.8. The summed E-state index contributed by atoms with van der Waals surface area (Å²) in [6, 6.07) is 21.4. The first-order chi connectivity index (χ1) is 23.6. The Balaban J connectivity index is 0.000000301. The average molecular weight is 851 g/mol. The molecule has 50 heavy (non-hydrogen) atoms. The van der Waals surface area contributed by atoms with Crippen LogP contribution < -0.4 is 0 Å². The molecule has 0 aliphatic heterocycles. The van der Waals surface area contributed by atoms with E-state index in [1.165, 1.54) is 59.2 Å². The molecule has 0 saturated heterocycles. The number of aliphatic hydroxyl groups excluding tert-OH is 1. The van der Waals surface area contributed by atoms with Crippen LogP contribution in [0.1, 0.15) is 141 Å². The fourth-order valence-corrected chi connectivity index (χ4v) is 7.50. The quantitative estimate of drug-likeness (QED) is 0.0817. The number of aliphatic hydroxyl groups is 1. The number of ketones is 1. The maximum atomic E-state index is 11.7. The molecule has 1 fully saturated rings. The summed E-state index contributed by atoms with van der Waals surface area (Å²) in [4.78, 5) is 16.8. The number of carbonyl (C=O) groups excluding carboxylic acids is 1. The molecule has 1 aliphatic carbocycles. The Hall–Kier alpha value is -3.27. The van der Waals surface area contributed by atoms with E-state index in [1.807, 2.05) is 33.8 Å². The van der Waals surface area contributed by atoms with Gasteiger partial charge in [0.2, 0.25) is 0 Å². The number of rotatable bonds is 11. The van der Waals surface area contributed by atoms with Gasteiger partial charge in [0.1, 0.15) is 5.58 Å². The molecule has 2 aromatic heterocycles. The fourth-order valence-electron chi connectivity index (χ4n) is 7.50. The number of hydrogen-bond donors (Lipinski definition) is 1. The summed E-state index contributed by atoms with van der Waals surface area (Å²) in [7, 11) is 0. The second-order valence-electron chi connectivity index (χ2n) is 14.6. The summed E-state index contributed by atoms with van der Waals surface area (Å²) < 4.78 is 6.43. The normalized spacial score (nSPS) is 14.0. The third kappa shape index (κ3) is 8.43. The van der Waals surface area contributed by atoms with Gasteiger partial charge in [0.25, 0.3) is 0 Å². The molecule has 1 saturated carbocycles. The van der Waals surface area contributed by atoms with Crippen LogP contribution in [0.3, 0.4) is 0 Å². The van der Waals surface area contributed by atoms with Gasteiger partial charge >= 0.3 is 0 Å². The number of benzene rings is 3. The van der Waals surface area contributed by atoms with Crippen LogP contribution in [0.2, 0.25) is 0 Å². The number of carbonyl (C=O) groups is 1. The van der Waals surface area contributed by atoms with Crippen molar-refractivity contribution in [2.45, 2.75) is 125 Å². The van der Waals surface area contributed by atoms with Gasteiger partial charge < -0.3 is 14.5 Å². The maximum Gasteiger partial charge on any atom is 0.162 e. The summed E-state index contributed by atoms with van der Waals surface area (Å²) >= 11 is 0. The predicted molar refractivity (Wildman–Crippen MR) is 207 cm³/mol. The zero-order chi connectivity index (χ0) is 35.2. The molecule has 0 atom stereocenters. The Morgan fingerprint density at radius 3 is 2.14 bits per heavy atom. The predicted octanol–water partition coefficient (Wildman–Crippen LogP) is 13.4. The number of para-hydroxylation sites is 1. The van der Waals surface area contributed by atoms with Gasteiger partial charge in [-0.3, -0.25) is 4.79 Å². The molecular formula is C45H56IrNO3-. The number of pyridine rings is 1. The van der Waals surface area contributed by atoms with Gasteiger partial charge in [0.15, 0.2) is 5.78 Å². The molecule has 1 aliphatic rings. The molecule has 0 spiro atoms. The third-order valence-electron chi connectivity index (χ3n) is 10.8. The molecule has 5 heteroatoms. The molecule has 269 valence electrons. The van der Waals surface area contributed by atoms with Crippen molar-refractivity contribution in [2.24, 2.45) is 11.8 Å². The number of fused-ring (bicyclic) bond motifs is 4. The van der Waals surface area contributed by atoms with Gasteiger partial charge in [0.05, 0.1) is 11.3 Å². The molecule has 4 nitrogen and oxygen atoms in total. The summed E-state index contributed by atoms with van der Waals surface area (Å²) in [6.45, 7) is 17.1. The third-order valence-corrected chi connectivity index (χ3v) is 10.8. The maximum absolute atomic E-state index is 11.7. The van der Waals surface area contributed by atoms with Gasteiger partial charge in [-0.05, 0) is 89.9 Å². The van der Waals surface area contributed by atoms with Crippen LogP contribution in [0.5, 0.6) is 0 Å². The van der Waals surface area contributed by atoms with E-state index in [0.29, 0.717) is 17.8 Å². The van der Waals surface area contributed by atoms with Crippen LogP contribution in [0, 0.1) is 17.9 Å². The van der Waals surface area contributed by atoms with E-state index < -0.39 is 0 Å². The van der Waals surface area contributed by atoms with Gasteiger partial charge in [-0.25, -0.2) is 0 Å². The minimum Gasteiger partial charge on any atom is -0.512 e. The van der Waals surface area contributed by atoms with E-state index in [-0.39, 0.29) is 43.5 Å². The standard InChI is InChI=1S/C32H32NO.C13H24O2.Ir/c1-19(2)23-16-27-24-11-7-8-12-30(24)34-32(27)28(17-23)31-25-14-13-22(21-9-5-6-10-21)15-26(25)29(18-33-31)20(3)4;1-5-10(6-2)12(14)9-13(15)11(7-3)8-4;/h7-8,11-16,18-21H,5-6,9-10H2,1-4H3;9-11,14H,5-8H2,1-4H3;/q-1;;/b;12-9-;. The first-order valence-electron chi connectivity index (χ1n) is 18.9. The van der Waals surface area contributed by atoms with E-state index >= 15 is 0 Å². The van der Waals surface area contributed by atoms with Crippen LogP contribution in [0.25, 0.3) is 44.0 Å². The van der Waals surface area contributed by atoms with Gasteiger partial charge in [0, 0.05) is 49.6 Å². The number of hydrogen-bond acceptors (Lipinski definition) is 4. The molecule has 5 aromatic rings. The van der Waals surface area contributed by atoms with Crippen LogP contribution in [-0.2, 0) is 24.9 Å². The van der Waals surface area contributed by atoms with Crippen LogP contribution in [-0.4, -0.2) is 15.9 Å². The monoisotopic (exact) mass is 851 g/mol. The molecule has 1 radical (unpaired) electrons. The zero-order valence-electron chi connectivity index (χ0n) is 31.4. The molecular weight excluding hydrogens is 795 g/mol. The van der Waals surface area contributed by atoms with Crippen molar-refractivity contribution in [3.05, 3.63) is 89.3 Å². The van der Waals surface area contributed by atoms with E-state index in [9.17, 15) is 9.90 Å². The number of allylic oxidation sites excluding steroid dienone is 2. The second-order valence-corrected chi connectivity index (χ2v) is 14.6. The number of furan rings is 1. The molecule has 0 unspecified atom stereocenters. The molecule has 2 heterocycles. The average Bonchev–Trinajstić information content (AvgIpc) is 3.77. The van der Waals surface area contributed by atoms with Gasteiger partial charge in [-0.15, -0.1) is 17.7 Å². The Morgan fingerprint density at radius 1 is 0.860 bits per heavy atom. The molecule has 3 aromatic carbocycles. The minimum absolute atomic E-state index is 0. The zero-order valence-corrected chi connectivity index (χ0v) is 33.8. The fraction of sp³-hybridized carbons (Fsp3) is 0.467. The summed E-state index contributed by atoms with van der Waals surface area (Å²) in [5, 5.41) is 14.6. The van der Waals surface area contributed by atoms with Crippen molar-refractivity contribution in [3.63, 3.8) is 0 Å². The topological polar surface area (TPSA) is 63.3 Å². The van der Waals surface area contributed by atoms with Gasteiger partial charge in [-0.1, -0.05) is 116 Å². The van der Waals surface area contributed by atoms with Crippen LogP contribution in [0.15, 0.2) is 71.0 Å². The summed E-state index contributed by atoms with van der Waals surface area (Å²) in [5.41, 5.74) is 7.75. The first kappa shape index (κ1) is 39.5. The number of nitrogens with zero attached hydrogens (tertiary/aromatic N) is 1.